The number of rotatable bonds is 1. The van der Waals surface area contributed by atoms with Crippen molar-refractivity contribution in [2.75, 3.05) is 4.90 Å². The Hall–Kier alpha value is -4.63. The molecule has 1 aromatic heterocycles. The summed E-state index contributed by atoms with van der Waals surface area (Å²) in [6.45, 7) is 1.65. The third kappa shape index (κ3) is 2.82. The van der Waals surface area contributed by atoms with E-state index in [-0.39, 0.29) is 5.91 Å². The molecule has 0 atom stereocenters. The van der Waals surface area contributed by atoms with Gasteiger partial charge in [0.1, 0.15) is 0 Å². The van der Waals surface area contributed by atoms with Crippen molar-refractivity contribution in [3.8, 4) is 33.5 Å². The molecule has 0 radical (unpaired) electrons. The number of hydrogen-bond acceptors (Lipinski definition) is 1. The topological polar surface area (TPSA) is 36.1 Å². The summed E-state index contributed by atoms with van der Waals surface area (Å²) in [4.78, 5) is 18.9. The highest BCUT2D eigenvalue weighted by molar-refractivity contribution is 6.21. The highest BCUT2D eigenvalue weighted by Gasteiger charge is 2.31. The Kier molecular flexibility index (Phi) is 4.21. The van der Waals surface area contributed by atoms with Crippen molar-refractivity contribution >= 4 is 39.0 Å². The van der Waals surface area contributed by atoms with Gasteiger partial charge in [-0.2, -0.15) is 0 Å². The lowest BCUT2D eigenvalue weighted by Crippen LogP contribution is -2.23. The van der Waals surface area contributed by atoms with E-state index in [0.717, 1.165) is 55.4 Å². The Morgan fingerprint density at radius 1 is 0.657 bits per heavy atom. The molecule has 0 aliphatic carbocycles. The van der Waals surface area contributed by atoms with Crippen LogP contribution in [0, 0.1) is 0 Å². The second-order valence-corrected chi connectivity index (χ2v) is 9.02. The van der Waals surface area contributed by atoms with Gasteiger partial charge in [-0.15, -0.1) is 0 Å². The van der Waals surface area contributed by atoms with Gasteiger partial charge in [0.2, 0.25) is 5.91 Å². The predicted molar refractivity (Wildman–Crippen MR) is 145 cm³/mol. The lowest BCUT2D eigenvalue weighted by atomic mass is 9.95. The van der Waals surface area contributed by atoms with Crippen LogP contribution >= 0.6 is 0 Å². The summed E-state index contributed by atoms with van der Waals surface area (Å²) in [6, 6.07) is 37.8. The molecule has 7 rings (SSSR count). The first-order chi connectivity index (χ1) is 17.2. The van der Waals surface area contributed by atoms with E-state index in [1.165, 1.54) is 11.1 Å². The van der Waals surface area contributed by atoms with E-state index in [1.54, 1.807) is 6.92 Å². The van der Waals surface area contributed by atoms with Crippen LogP contribution in [0.4, 0.5) is 11.4 Å². The summed E-state index contributed by atoms with van der Waals surface area (Å²) in [6.07, 6.45) is 0. The van der Waals surface area contributed by atoms with Gasteiger partial charge in [0.05, 0.1) is 22.6 Å². The molecule has 0 saturated carbocycles. The normalized spacial score (nSPS) is 12.2. The maximum Gasteiger partial charge on any atom is 0.228 e. The number of anilines is 2. The monoisotopic (exact) mass is 450 g/mol. The Bertz CT molecular complexity index is 1780. The zero-order valence-corrected chi connectivity index (χ0v) is 19.2. The van der Waals surface area contributed by atoms with Gasteiger partial charge in [-0.1, -0.05) is 103 Å². The maximum absolute atomic E-state index is 13.2. The van der Waals surface area contributed by atoms with E-state index >= 15 is 0 Å². The number of hydrogen-bond donors (Lipinski definition) is 1. The Labute approximate surface area is 203 Å². The Morgan fingerprint density at radius 2 is 1.37 bits per heavy atom. The van der Waals surface area contributed by atoms with E-state index in [4.69, 9.17) is 0 Å². The highest BCUT2D eigenvalue weighted by Crippen LogP contribution is 2.52. The molecule has 3 nitrogen and oxygen atoms in total. The first-order valence-electron chi connectivity index (χ1n) is 11.8. The largest absolute Gasteiger partial charge is 0.353 e. The second-order valence-electron chi connectivity index (χ2n) is 9.02. The van der Waals surface area contributed by atoms with Gasteiger partial charge in [0, 0.05) is 39.9 Å². The van der Waals surface area contributed by atoms with E-state index < -0.39 is 0 Å². The SMILES string of the molecule is CC(=O)N1c2ccccc2-c2c([nH]c3c(-c4ccccc4)cccc23)-c2ccc3ccccc3c21. The highest BCUT2D eigenvalue weighted by atomic mass is 16.2. The summed E-state index contributed by atoms with van der Waals surface area (Å²) in [7, 11) is 0. The number of amides is 1. The lowest BCUT2D eigenvalue weighted by Gasteiger charge is -2.25. The van der Waals surface area contributed by atoms with E-state index in [0.29, 0.717) is 0 Å². The minimum atomic E-state index is -0.00511. The number of carbonyl (C=O) groups is 1. The molecule has 1 N–H and O–H groups in total. The molecule has 0 unspecified atom stereocenters. The van der Waals surface area contributed by atoms with Crippen LogP contribution in [-0.4, -0.2) is 10.9 Å². The van der Waals surface area contributed by atoms with Gasteiger partial charge in [0.15, 0.2) is 0 Å². The Balaban J connectivity index is 1.67. The fourth-order valence-electron chi connectivity index (χ4n) is 5.58. The van der Waals surface area contributed by atoms with Gasteiger partial charge < -0.3 is 4.98 Å². The molecule has 1 aliphatic heterocycles. The molecule has 35 heavy (non-hydrogen) atoms. The molecular formula is C32H22N2O. The van der Waals surface area contributed by atoms with Crippen molar-refractivity contribution in [1.29, 1.82) is 0 Å². The first-order valence-corrected chi connectivity index (χ1v) is 11.8. The average Bonchev–Trinajstić information content (AvgIpc) is 3.23. The standard InChI is InChI=1S/C32H22N2O/c1-20(35)34-28-17-8-7-14-25(28)29-26-16-9-15-23(21-10-3-2-4-11-21)30(26)33-31(29)27-19-18-22-12-5-6-13-24(22)32(27)34/h2-19,33H,1H3. The van der Waals surface area contributed by atoms with Crippen LogP contribution in [0.2, 0.25) is 0 Å². The number of carbonyl (C=O) groups excluding carboxylic acids is 1. The summed E-state index contributed by atoms with van der Waals surface area (Å²) >= 11 is 0. The minimum Gasteiger partial charge on any atom is -0.353 e. The molecule has 6 aromatic rings. The number of para-hydroxylation sites is 2. The van der Waals surface area contributed by atoms with Crippen LogP contribution < -0.4 is 4.90 Å². The molecule has 2 heterocycles. The van der Waals surface area contributed by atoms with Crippen LogP contribution in [0.15, 0.2) is 109 Å². The van der Waals surface area contributed by atoms with Gasteiger partial charge in [-0.05, 0) is 17.0 Å². The number of benzene rings is 5. The van der Waals surface area contributed by atoms with Crippen LogP contribution in [-0.2, 0) is 4.79 Å². The van der Waals surface area contributed by atoms with Gasteiger partial charge >= 0.3 is 0 Å². The lowest BCUT2D eigenvalue weighted by molar-refractivity contribution is -0.115. The molecule has 1 amide bonds. The summed E-state index contributed by atoms with van der Waals surface area (Å²) < 4.78 is 0. The number of nitrogens with zero attached hydrogens (tertiary/aromatic N) is 1. The molecule has 0 saturated heterocycles. The van der Waals surface area contributed by atoms with Crippen molar-refractivity contribution in [2.24, 2.45) is 0 Å². The first kappa shape index (κ1) is 19.8. The summed E-state index contributed by atoms with van der Waals surface area (Å²) in [5.74, 6) is -0.00511. The van der Waals surface area contributed by atoms with Gasteiger partial charge in [0.25, 0.3) is 0 Å². The summed E-state index contributed by atoms with van der Waals surface area (Å²) in [5, 5.41) is 3.32. The van der Waals surface area contributed by atoms with Crippen molar-refractivity contribution < 1.29 is 4.79 Å². The zero-order chi connectivity index (χ0) is 23.5. The second kappa shape index (κ2) is 7.44. The molecule has 1 aliphatic rings. The number of fused-ring (bicyclic) bond motifs is 9. The van der Waals surface area contributed by atoms with E-state index in [1.807, 2.05) is 29.2 Å². The molecular weight excluding hydrogens is 428 g/mol. The van der Waals surface area contributed by atoms with Crippen molar-refractivity contribution in [3.63, 3.8) is 0 Å². The van der Waals surface area contributed by atoms with Crippen LogP contribution in [0.5, 0.6) is 0 Å². The molecule has 166 valence electrons. The van der Waals surface area contributed by atoms with Gasteiger partial charge in [-0.3, -0.25) is 9.69 Å². The number of H-pyrrole nitrogens is 1. The maximum atomic E-state index is 13.2. The zero-order valence-electron chi connectivity index (χ0n) is 19.2. The van der Waals surface area contributed by atoms with Crippen LogP contribution in [0.1, 0.15) is 6.92 Å². The van der Waals surface area contributed by atoms with Gasteiger partial charge in [-0.25, -0.2) is 0 Å². The number of aromatic nitrogens is 1. The summed E-state index contributed by atoms with van der Waals surface area (Å²) in [5.41, 5.74) is 9.53. The smallest absolute Gasteiger partial charge is 0.228 e. The minimum absolute atomic E-state index is 0.00511. The molecule has 0 bridgehead atoms. The average molecular weight is 451 g/mol. The molecule has 0 fully saturated rings. The van der Waals surface area contributed by atoms with E-state index in [2.05, 4.69) is 89.9 Å². The van der Waals surface area contributed by atoms with Crippen molar-refractivity contribution in [3.05, 3.63) is 109 Å². The van der Waals surface area contributed by atoms with Crippen molar-refractivity contribution in [1.82, 2.24) is 4.98 Å². The molecule has 5 aromatic carbocycles. The third-order valence-corrected chi connectivity index (χ3v) is 7.04. The number of nitrogens with one attached hydrogen (secondary N) is 1. The van der Waals surface area contributed by atoms with Crippen LogP contribution in [0.3, 0.4) is 0 Å². The van der Waals surface area contributed by atoms with Crippen LogP contribution in [0.25, 0.3) is 55.2 Å². The number of aromatic amines is 1. The fourth-order valence-corrected chi connectivity index (χ4v) is 5.58. The predicted octanol–water partition coefficient (Wildman–Crippen LogP) is 8.32. The third-order valence-electron chi connectivity index (χ3n) is 7.04. The molecule has 3 heteroatoms. The molecule has 0 spiro atoms. The van der Waals surface area contributed by atoms with E-state index in [9.17, 15) is 4.79 Å². The Morgan fingerprint density at radius 3 is 2.23 bits per heavy atom. The fraction of sp³-hybridized carbons (Fsp3) is 0.0312. The quantitative estimate of drug-likeness (QED) is 0.269. The van der Waals surface area contributed by atoms with Crippen molar-refractivity contribution in [2.45, 2.75) is 6.92 Å².